The fourth-order valence-corrected chi connectivity index (χ4v) is 5.81. The van der Waals surface area contributed by atoms with E-state index in [1.807, 2.05) is 6.07 Å². The number of carbonyl (C=O) groups is 1. The SMILES string of the molecule is Cc1ccc(C)c2c1CCC(N1CCC3(CC1)C(=O)NCN3c1ccccc1)C2.Cl. The van der Waals surface area contributed by atoms with E-state index in [-0.39, 0.29) is 23.9 Å². The number of amides is 1. The van der Waals surface area contributed by atoms with Crippen molar-refractivity contribution in [2.75, 3.05) is 24.7 Å². The van der Waals surface area contributed by atoms with Gasteiger partial charge in [-0.3, -0.25) is 9.69 Å². The summed E-state index contributed by atoms with van der Waals surface area (Å²) in [6, 6.07) is 15.6. The molecule has 3 aliphatic rings. The van der Waals surface area contributed by atoms with Crippen molar-refractivity contribution in [2.45, 2.75) is 57.5 Å². The van der Waals surface area contributed by atoms with E-state index in [0.29, 0.717) is 12.7 Å². The van der Waals surface area contributed by atoms with Crippen LogP contribution in [0.25, 0.3) is 0 Å². The summed E-state index contributed by atoms with van der Waals surface area (Å²) in [6.07, 6.45) is 5.39. The Morgan fingerprint density at radius 1 is 0.967 bits per heavy atom. The highest BCUT2D eigenvalue weighted by Gasteiger charge is 2.50. The molecule has 5 rings (SSSR count). The molecule has 1 unspecified atom stereocenters. The monoisotopic (exact) mass is 425 g/mol. The van der Waals surface area contributed by atoms with E-state index in [0.717, 1.165) is 38.0 Å². The van der Waals surface area contributed by atoms with Gasteiger partial charge < -0.3 is 10.2 Å². The first kappa shape index (κ1) is 21.2. The normalized spacial score (nSPS) is 23.1. The zero-order valence-electron chi connectivity index (χ0n) is 18.0. The minimum atomic E-state index is -0.378. The Bertz CT molecular complexity index is 921. The van der Waals surface area contributed by atoms with E-state index in [1.165, 1.54) is 24.0 Å². The Morgan fingerprint density at radius 3 is 2.33 bits per heavy atom. The molecule has 1 atom stereocenters. The third-order valence-corrected chi connectivity index (χ3v) is 7.61. The van der Waals surface area contributed by atoms with Gasteiger partial charge in [0.1, 0.15) is 5.54 Å². The number of fused-ring (bicyclic) bond motifs is 1. The van der Waals surface area contributed by atoms with Crippen LogP contribution in [0.1, 0.15) is 41.5 Å². The summed E-state index contributed by atoms with van der Waals surface area (Å²) < 4.78 is 0. The first-order valence-corrected chi connectivity index (χ1v) is 11.0. The van der Waals surface area contributed by atoms with Gasteiger partial charge in [0.15, 0.2) is 0 Å². The summed E-state index contributed by atoms with van der Waals surface area (Å²) in [5, 5.41) is 3.12. The van der Waals surface area contributed by atoms with Crippen LogP contribution in [0.3, 0.4) is 0 Å². The van der Waals surface area contributed by atoms with Crippen molar-refractivity contribution >= 4 is 24.0 Å². The summed E-state index contributed by atoms with van der Waals surface area (Å²) in [7, 11) is 0. The average Bonchev–Trinajstić information content (AvgIpc) is 3.07. The van der Waals surface area contributed by atoms with Gasteiger partial charge >= 0.3 is 0 Å². The molecule has 30 heavy (non-hydrogen) atoms. The zero-order chi connectivity index (χ0) is 20.0. The minimum Gasteiger partial charge on any atom is -0.339 e. The average molecular weight is 426 g/mol. The molecule has 4 nitrogen and oxygen atoms in total. The number of nitrogens with zero attached hydrogens (tertiary/aromatic N) is 2. The molecule has 160 valence electrons. The quantitative estimate of drug-likeness (QED) is 0.789. The van der Waals surface area contributed by atoms with E-state index in [2.05, 4.69) is 65.4 Å². The molecule has 0 aromatic heterocycles. The summed E-state index contributed by atoms with van der Waals surface area (Å²) in [5.74, 6) is 0.210. The lowest BCUT2D eigenvalue weighted by Gasteiger charge is -2.46. The van der Waals surface area contributed by atoms with E-state index in [1.54, 1.807) is 11.1 Å². The summed E-state index contributed by atoms with van der Waals surface area (Å²) in [5.41, 5.74) is 6.82. The van der Waals surface area contributed by atoms with Crippen molar-refractivity contribution in [2.24, 2.45) is 0 Å². The van der Waals surface area contributed by atoms with Gasteiger partial charge in [0.2, 0.25) is 5.91 Å². The van der Waals surface area contributed by atoms with Crippen molar-refractivity contribution in [3.63, 3.8) is 0 Å². The lowest BCUT2D eigenvalue weighted by atomic mass is 9.80. The largest absolute Gasteiger partial charge is 0.339 e. The molecule has 5 heteroatoms. The van der Waals surface area contributed by atoms with Gasteiger partial charge in [0.05, 0.1) is 6.67 Å². The third-order valence-electron chi connectivity index (χ3n) is 7.61. The van der Waals surface area contributed by atoms with Crippen molar-refractivity contribution in [3.8, 4) is 0 Å². The lowest BCUT2D eigenvalue weighted by Crippen LogP contribution is -2.58. The zero-order valence-corrected chi connectivity index (χ0v) is 18.8. The van der Waals surface area contributed by atoms with Crippen LogP contribution in [0.2, 0.25) is 0 Å². The van der Waals surface area contributed by atoms with E-state index < -0.39 is 0 Å². The number of nitrogens with one attached hydrogen (secondary N) is 1. The molecular formula is C25H32ClN3O. The highest BCUT2D eigenvalue weighted by atomic mass is 35.5. The number of carbonyl (C=O) groups excluding carboxylic acids is 1. The number of anilines is 1. The number of rotatable bonds is 2. The molecule has 0 bridgehead atoms. The van der Waals surface area contributed by atoms with Gasteiger partial charge in [-0.05, 0) is 80.3 Å². The second-order valence-electron chi connectivity index (χ2n) is 9.05. The van der Waals surface area contributed by atoms with E-state index in [9.17, 15) is 4.79 Å². The first-order chi connectivity index (χ1) is 14.1. The van der Waals surface area contributed by atoms with Gasteiger partial charge in [0, 0.05) is 24.8 Å². The van der Waals surface area contributed by atoms with Crippen molar-refractivity contribution < 1.29 is 4.79 Å². The topological polar surface area (TPSA) is 35.6 Å². The summed E-state index contributed by atoms with van der Waals surface area (Å²) in [4.78, 5) is 17.9. The van der Waals surface area contributed by atoms with Crippen molar-refractivity contribution in [1.82, 2.24) is 10.2 Å². The van der Waals surface area contributed by atoms with Gasteiger partial charge in [-0.2, -0.15) is 0 Å². The molecule has 2 saturated heterocycles. The van der Waals surface area contributed by atoms with Gasteiger partial charge in [-0.1, -0.05) is 30.3 Å². The number of halogens is 1. The maximum Gasteiger partial charge on any atom is 0.247 e. The highest BCUT2D eigenvalue weighted by Crippen LogP contribution is 2.38. The molecule has 2 fully saturated rings. The van der Waals surface area contributed by atoms with Crippen LogP contribution in [0.5, 0.6) is 0 Å². The first-order valence-electron chi connectivity index (χ1n) is 11.0. The predicted octanol–water partition coefficient (Wildman–Crippen LogP) is 4.01. The Balaban J connectivity index is 0.00000218. The molecule has 1 N–H and O–H groups in total. The van der Waals surface area contributed by atoms with Crippen LogP contribution in [-0.4, -0.2) is 42.1 Å². The highest BCUT2D eigenvalue weighted by molar-refractivity contribution is 5.93. The number of hydrogen-bond donors (Lipinski definition) is 1. The number of piperidine rings is 1. The Kier molecular flexibility index (Phi) is 5.82. The second kappa shape index (κ2) is 8.24. The van der Waals surface area contributed by atoms with Crippen LogP contribution >= 0.6 is 12.4 Å². The Labute approximate surface area is 186 Å². The predicted molar refractivity (Wildman–Crippen MR) is 124 cm³/mol. The van der Waals surface area contributed by atoms with Crippen molar-refractivity contribution in [3.05, 3.63) is 64.7 Å². The van der Waals surface area contributed by atoms with E-state index >= 15 is 0 Å². The van der Waals surface area contributed by atoms with Gasteiger partial charge in [-0.25, -0.2) is 0 Å². The fraction of sp³-hybridized carbons (Fsp3) is 0.480. The molecule has 1 spiro atoms. The fourth-order valence-electron chi connectivity index (χ4n) is 5.81. The summed E-state index contributed by atoms with van der Waals surface area (Å²) >= 11 is 0. The van der Waals surface area contributed by atoms with Gasteiger partial charge in [-0.15, -0.1) is 12.4 Å². The molecule has 2 aromatic rings. The molecule has 1 aliphatic carbocycles. The minimum absolute atomic E-state index is 0. The molecule has 0 radical (unpaired) electrons. The number of aryl methyl sites for hydroxylation is 2. The number of benzene rings is 2. The lowest BCUT2D eigenvalue weighted by molar-refractivity contribution is -0.125. The molecule has 2 aromatic carbocycles. The van der Waals surface area contributed by atoms with Gasteiger partial charge in [0.25, 0.3) is 0 Å². The molecule has 2 heterocycles. The smallest absolute Gasteiger partial charge is 0.247 e. The van der Waals surface area contributed by atoms with Crippen LogP contribution < -0.4 is 10.2 Å². The number of para-hydroxylation sites is 1. The molecule has 1 amide bonds. The van der Waals surface area contributed by atoms with E-state index in [4.69, 9.17) is 0 Å². The van der Waals surface area contributed by atoms with Crippen molar-refractivity contribution in [1.29, 1.82) is 0 Å². The van der Waals surface area contributed by atoms with Crippen LogP contribution in [0, 0.1) is 13.8 Å². The third kappa shape index (κ3) is 3.40. The maximum atomic E-state index is 12.9. The number of hydrogen-bond acceptors (Lipinski definition) is 3. The Morgan fingerprint density at radius 2 is 1.63 bits per heavy atom. The molecule has 0 saturated carbocycles. The van der Waals surface area contributed by atoms with Crippen LogP contribution in [-0.2, 0) is 17.6 Å². The standard InChI is InChI=1S/C25H31N3O.ClH/c1-18-8-9-19(2)23-16-21(10-11-22(18)23)27-14-12-25(13-15-27)24(29)26-17-28(25)20-6-4-3-5-7-20;/h3-9,21H,10-17H2,1-2H3,(H,26,29);1H. The second-order valence-corrected chi connectivity index (χ2v) is 9.05. The maximum absolute atomic E-state index is 12.9. The van der Waals surface area contributed by atoms with Crippen LogP contribution in [0.15, 0.2) is 42.5 Å². The molecule has 2 aliphatic heterocycles. The summed E-state index contributed by atoms with van der Waals surface area (Å²) in [6.45, 7) is 7.13. The molecular weight excluding hydrogens is 394 g/mol. The Hall–Kier alpha value is -2.04. The number of likely N-dealkylation sites (tertiary alicyclic amines) is 1. The van der Waals surface area contributed by atoms with Crippen LogP contribution in [0.4, 0.5) is 5.69 Å².